The molecule has 2 aromatic rings. The minimum absolute atomic E-state index is 0.293. The predicted octanol–water partition coefficient (Wildman–Crippen LogP) is 3.02. The highest BCUT2D eigenvalue weighted by molar-refractivity contribution is 5.76. The molecule has 5 heteroatoms. The molecule has 1 aliphatic rings. The molecule has 0 aliphatic carbocycles. The molecule has 1 fully saturated rings. The molecule has 1 amide bonds. The number of hydrogen-bond acceptors (Lipinski definition) is 3. The van der Waals surface area contributed by atoms with E-state index in [1.807, 2.05) is 29.3 Å². The van der Waals surface area contributed by atoms with Gasteiger partial charge in [0.1, 0.15) is 5.82 Å². The third-order valence-corrected chi connectivity index (χ3v) is 4.47. The van der Waals surface area contributed by atoms with Crippen molar-refractivity contribution in [2.24, 2.45) is 0 Å². The second-order valence-electron chi connectivity index (χ2n) is 6.12. The van der Waals surface area contributed by atoms with Crippen molar-refractivity contribution in [2.75, 3.05) is 13.1 Å². The fraction of sp³-hybridized carbons (Fsp3) is 0.588. The molecule has 3 rings (SSSR count). The van der Waals surface area contributed by atoms with Crippen LogP contribution in [0.25, 0.3) is 5.65 Å². The van der Waals surface area contributed by atoms with Crippen molar-refractivity contribution >= 4 is 11.6 Å². The van der Waals surface area contributed by atoms with Crippen molar-refractivity contribution in [1.82, 2.24) is 19.5 Å². The molecule has 0 aromatic carbocycles. The molecule has 0 bridgehead atoms. The molecule has 1 unspecified atom stereocenters. The second kappa shape index (κ2) is 6.90. The van der Waals surface area contributed by atoms with Crippen LogP contribution in [0.1, 0.15) is 57.2 Å². The first kappa shape index (κ1) is 15.0. The summed E-state index contributed by atoms with van der Waals surface area (Å²) in [5, 5.41) is 8.60. The summed E-state index contributed by atoms with van der Waals surface area (Å²) < 4.78 is 2.05. The number of piperidine rings is 1. The highest BCUT2D eigenvalue weighted by atomic mass is 16.2. The van der Waals surface area contributed by atoms with E-state index in [1.165, 1.54) is 0 Å². The largest absolute Gasteiger partial charge is 0.342 e. The Bertz CT molecular complexity index is 636. The van der Waals surface area contributed by atoms with Crippen LogP contribution < -0.4 is 0 Å². The van der Waals surface area contributed by atoms with Crippen LogP contribution in [-0.2, 0) is 4.79 Å². The molecule has 0 saturated carbocycles. The summed E-state index contributed by atoms with van der Waals surface area (Å²) in [7, 11) is 0. The van der Waals surface area contributed by atoms with E-state index in [0.717, 1.165) is 56.7 Å². The normalized spacial score (nSPS) is 18.8. The molecular formula is C17H24N4O. The number of unbranched alkanes of at least 4 members (excludes halogenated alkanes) is 2. The molecule has 0 spiro atoms. The van der Waals surface area contributed by atoms with Gasteiger partial charge < -0.3 is 4.90 Å². The lowest BCUT2D eigenvalue weighted by atomic mass is 9.96. The highest BCUT2D eigenvalue weighted by Gasteiger charge is 2.27. The van der Waals surface area contributed by atoms with Crippen molar-refractivity contribution in [3.8, 4) is 0 Å². The van der Waals surface area contributed by atoms with Gasteiger partial charge in [0.25, 0.3) is 0 Å². The average molecular weight is 300 g/mol. The summed E-state index contributed by atoms with van der Waals surface area (Å²) in [4.78, 5) is 14.4. The third kappa shape index (κ3) is 3.13. The number of rotatable bonds is 5. The van der Waals surface area contributed by atoms with Crippen molar-refractivity contribution in [2.45, 2.75) is 51.4 Å². The van der Waals surface area contributed by atoms with Gasteiger partial charge in [0.05, 0.1) is 0 Å². The number of fused-ring (bicyclic) bond motifs is 1. The van der Waals surface area contributed by atoms with E-state index >= 15 is 0 Å². The van der Waals surface area contributed by atoms with E-state index in [-0.39, 0.29) is 0 Å². The van der Waals surface area contributed by atoms with Crippen LogP contribution in [-0.4, -0.2) is 38.5 Å². The first-order chi connectivity index (χ1) is 10.8. The minimum Gasteiger partial charge on any atom is -0.342 e. The summed E-state index contributed by atoms with van der Waals surface area (Å²) in [5.74, 6) is 1.58. The SMILES string of the molecule is CCCCCC(=O)N1CCCC(c2nnc3ccccn23)C1. The summed E-state index contributed by atoms with van der Waals surface area (Å²) in [6.45, 7) is 3.83. The Balaban J connectivity index is 1.69. The molecular weight excluding hydrogens is 276 g/mol. The molecule has 3 heterocycles. The fourth-order valence-corrected chi connectivity index (χ4v) is 3.24. The van der Waals surface area contributed by atoms with Gasteiger partial charge in [-0.3, -0.25) is 9.20 Å². The standard InChI is InChI=1S/C17H24N4O/c1-2-3-4-10-16(22)20-11-7-8-14(13-20)17-19-18-15-9-5-6-12-21(15)17/h5-6,9,12,14H,2-4,7-8,10-11,13H2,1H3. The average Bonchev–Trinajstić information content (AvgIpc) is 2.99. The van der Waals surface area contributed by atoms with Gasteiger partial charge in [0.15, 0.2) is 5.65 Å². The summed E-state index contributed by atoms with van der Waals surface area (Å²) in [5.41, 5.74) is 0.879. The van der Waals surface area contributed by atoms with Gasteiger partial charge >= 0.3 is 0 Å². The number of aromatic nitrogens is 3. The predicted molar refractivity (Wildman–Crippen MR) is 85.7 cm³/mol. The maximum atomic E-state index is 12.3. The van der Waals surface area contributed by atoms with E-state index in [4.69, 9.17) is 0 Å². The molecule has 1 aliphatic heterocycles. The van der Waals surface area contributed by atoms with E-state index in [2.05, 4.69) is 21.5 Å². The molecule has 0 N–H and O–H groups in total. The second-order valence-corrected chi connectivity index (χ2v) is 6.12. The highest BCUT2D eigenvalue weighted by Crippen LogP contribution is 2.26. The van der Waals surface area contributed by atoms with Crippen LogP contribution in [0.5, 0.6) is 0 Å². The van der Waals surface area contributed by atoms with Crippen LogP contribution in [0, 0.1) is 0 Å². The lowest BCUT2D eigenvalue weighted by Crippen LogP contribution is -2.39. The maximum absolute atomic E-state index is 12.3. The smallest absolute Gasteiger partial charge is 0.222 e. The van der Waals surface area contributed by atoms with Crippen LogP contribution >= 0.6 is 0 Å². The van der Waals surface area contributed by atoms with Crippen molar-refractivity contribution in [3.63, 3.8) is 0 Å². The monoisotopic (exact) mass is 300 g/mol. The van der Waals surface area contributed by atoms with E-state index in [1.54, 1.807) is 0 Å². The Hall–Kier alpha value is -1.91. The molecule has 0 radical (unpaired) electrons. The number of nitrogens with zero attached hydrogens (tertiary/aromatic N) is 4. The quantitative estimate of drug-likeness (QED) is 0.798. The van der Waals surface area contributed by atoms with Gasteiger partial charge in [0, 0.05) is 31.6 Å². The number of carbonyl (C=O) groups excluding carboxylic acids is 1. The first-order valence-electron chi connectivity index (χ1n) is 8.37. The fourth-order valence-electron chi connectivity index (χ4n) is 3.24. The van der Waals surface area contributed by atoms with Gasteiger partial charge in [0.2, 0.25) is 5.91 Å². The Morgan fingerprint density at radius 2 is 2.23 bits per heavy atom. The van der Waals surface area contributed by atoms with E-state index in [0.29, 0.717) is 18.2 Å². The molecule has 1 saturated heterocycles. The summed E-state index contributed by atoms with van der Waals surface area (Å²) in [6, 6.07) is 5.93. The lowest BCUT2D eigenvalue weighted by molar-refractivity contribution is -0.132. The van der Waals surface area contributed by atoms with Gasteiger partial charge in [-0.15, -0.1) is 10.2 Å². The Kier molecular flexibility index (Phi) is 4.71. The zero-order valence-corrected chi connectivity index (χ0v) is 13.2. The van der Waals surface area contributed by atoms with Gasteiger partial charge in [-0.1, -0.05) is 25.8 Å². The van der Waals surface area contributed by atoms with E-state index in [9.17, 15) is 4.79 Å². The van der Waals surface area contributed by atoms with Gasteiger partial charge in [-0.2, -0.15) is 0 Å². The summed E-state index contributed by atoms with van der Waals surface area (Å²) >= 11 is 0. The third-order valence-electron chi connectivity index (χ3n) is 4.47. The topological polar surface area (TPSA) is 50.5 Å². The minimum atomic E-state index is 0.293. The van der Waals surface area contributed by atoms with Crippen LogP contribution in [0.4, 0.5) is 0 Å². The summed E-state index contributed by atoms with van der Waals surface area (Å²) in [6.07, 6.45) is 8.11. The number of carbonyl (C=O) groups is 1. The van der Waals surface area contributed by atoms with Crippen LogP contribution in [0.3, 0.4) is 0 Å². The molecule has 5 nitrogen and oxygen atoms in total. The van der Waals surface area contributed by atoms with Crippen LogP contribution in [0.15, 0.2) is 24.4 Å². The van der Waals surface area contributed by atoms with Gasteiger partial charge in [-0.25, -0.2) is 0 Å². The van der Waals surface area contributed by atoms with Gasteiger partial charge in [-0.05, 0) is 31.4 Å². The lowest BCUT2D eigenvalue weighted by Gasteiger charge is -2.32. The number of hydrogen-bond donors (Lipinski definition) is 0. The Morgan fingerprint density at radius 3 is 3.09 bits per heavy atom. The maximum Gasteiger partial charge on any atom is 0.222 e. The molecule has 22 heavy (non-hydrogen) atoms. The Morgan fingerprint density at radius 1 is 1.32 bits per heavy atom. The van der Waals surface area contributed by atoms with Crippen molar-refractivity contribution < 1.29 is 4.79 Å². The molecule has 2 aromatic heterocycles. The van der Waals surface area contributed by atoms with Crippen LogP contribution in [0.2, 0.25) is 0 Å². The van der Waals surface area contributed by atoms with Crippen molar-refractivity contribution in [1.29, 1.82) is 0 Å². The number of amides is 1. The van der Waals surface area contributed by atoms with E-state index < -0.39 is 0 Å². The molecule has 118 valence electrons. The zero-order valence-electron chi connectivity index (χ0n) is 13.2. The first-order valence-corrected chi connectivity index (χ1v) is 8.37. The number of pyridine rings is 1. The van der Waals surface area contributed by atoms with Crippen molar-refractivity contribution in [3.05, 3.63) is 30.2 Å². The Labute approximate surface area is 131 Å². The molecule has 1 atom stereocenters. The zero-order chi connectivity index (χ0) is 15.4. The number of likely N-dealkylation sites (tertiary alicyclic amines) is 1.